The summed E-state index contributed by atoms with van der Waals surface area (Å²) in [6.07, 6.45) is 0.229. The number of ether oxygens (including phenoxy) is 1. The van der Waals surface area contributed by atoms with E-state index in [4.69, 9.17) is 4.74 Å². The Morgan fingerprint density at radius 3 is 2.29 bits per heavy atom. The molecule has 4 aromatic carbocycles. The first-order chi connectivity index (χ1) is 25.0. The van der Waals surface area contributed by atoms with Crippen LogP contribution in [0.25, 0.3) is 11.3 Å². The number of anilines is 2. The lowest BCUT2D eigenvalue weighted by Crippen LogP contribution is -2.29. The summed E-state index contributed by atoms with van der Waals surface area (Å²) < 4.78 is 45.4. The van der Waals surface area contributed by atoms with Crippen LogP contribution < -0.4 is 20.3 Å². The molecule has 5 aromatic rings. The number of carboxylic acid groups (broad SMARTS) is 1. The van der Waals surface area contributed by atoms with Gasteiger partial charge in [-0.05, 0) is 103 Å². The van der Waals surface area contributed by atoms with E-state index in [1.165, 1.54) is 36.5 Å². The van der Waals surface area contributed by atoms with Gasteiger partial charge in [-0.3, -0.25) is 14.6 Å². The summed E-state index contributed by atoms with van der Waals surface area (Å²) in [5.74, 6) is -1.53. The number of nitrogens with zero attached hydrogens (tertiary/aromatic N) is 2. The molecule has 0 unspecified atom stereocenters. The predicted octanol–water partition coefficient (Wildman–Crippen LogP) is 8.22. The third-order valence-electron chi connectivity index (χ3n) is 8.65. The molecule has 1 aromatic heterocycles. The quantitative estimate of drug-likeness (QED) is 0.127. The van der Waals surface area contributed by atoms with E-state index in [-0.39, 0.29) is 24.3 Å². The number of nitrogens with one attached hydrogen (secondary N) is 2. The summed E-state index contributed by atoms with van der Waals surface area (Å²) >= 11 is 0. The molecule has 1 aliphatic rings. The smallest absolute Gasteiger partial charge is 0.416 e. The zero-order chi connectivity index (χ0) is 36.7. The molecule has 266 valence electrons. The van der Waals surface area contributed by atoms with E-state index < -0.39 is 29.5 Å². The van der Waals surface area contributed by atoms with Gasteiger partial charge in [0.15, 0.2) is 0 Å². The van der Waals surface area contributed by atoms with Gasteiger partial charge in [0, 0.05) is 48.2 Å². The van der Waals surface area contributed by atoms with Crippen molar-refractivity contribution in [3.05, 3.63) is 143 Å². The zero-order valence-corrected chi connectivity index (χ0v) is 28.0. The van der Waals surface area contributed by atoms with Crippen molar-refractivity contribution in [2.75, 3.05) is 23.3 Å². The molecule has 1 aliphatic heterocycles. The summed E-state index contributed by atoms with van der Waals surface area (Å²) in [6.45, 7) is 1.75. The number of amides is 2. The number of alkyl halides is 3. The van der Waals surface area contributed by atoms with E-state index in [1.807, 2.05) is 12.1 Å². The maximum absolute atomic E-state index is 13.6. The monoisotopic (exact) mass is 708 g/mol. The normalized spacial score (nSPS) is 12.9. The Bertz CT molecular complexity index is 2100. The molecule has 0 aliphatic carbocycles. The highest BCUT2D eigenvalue weighted by Crippen LogP contribution is 2.34. The van der Waals surface area contributed by atoms with Crippen molar-refractivity contribution in [1.29, 1.82) is 0 Å². The Labute approximate surface area is 298 Å². The van der Waals surface area contributed by atoms with Gasteiger partial charge in [-0.2, -0.15) is 13.2 Å². The molecule has 2 heterocycles. The molecule has 0 saturated carbocycles. The van der Waals surface area contributed by atoms with Gasteiger partial charge in [0.05, 0.1) is 22.5 Å². The molecule has 3 N–H and O–H groups in total. The van der Waals surface area contributed by atoms with Gasteiger partial charge in [-0.1, -0.05) is 30.3 Å². The maximum Gasteiger partial charge on any atom is 0.416 e. The van der Waals surface area contributed by atoms with Gasteiger partial charge in [0.2, 0.25) is 0 Å². The highest BCUT2D eigenvalue weighted by Gasteiger charge is 2.30. The third-order valence-corrected chi connectivity index (χ3v) is 8.65. The van der Waals surface area contributed by atoms with Crippen LogP contribution in [0.4, 0.5) is 24.5 Å². The maximum atomic E-state index is 13.6. The molecule has 1 saturated heterocycles. The van der Waals surface area contributed by atoms with Gasteiger partial charge in [-0.15, -0.1) is 0 Å². The minimum atomic E-state index is -4.50. The largest absolute Gasteiger partial charge is 0.489 e. The van der Waals surface area contributed by atoms with Crippen molar-refractivity contribution in [2.45, 2.75) is 38.6 Å². The first-order valence-corrected chi connectivity index (χ1v) is 16.7. The van der Waals surface area contributed by atoms with Crippen LogP contribution in [0.5, 0.6) is 5.75 Å². The number of hydrogen-bond donors (Lipinski definition) is 3. The topological polar surface area (TPSA) is 121 Å². The number of halogens is 3. The van der Waals surface area contributed by atoms with Crippen LogP contribution in [0.2, 0.25) is 0 Å². The van der Waals surface area contributed by atoms with E-state index in [0.717, 1.165) is 50.2 Å². The number of pyridine rings is 1. The number of hydrogen-bond acceptors (Lipinski definition) is 6. The fraction of sp³-hybridized carbons (Fsp3) is 0.200. The molecule has 0 bridgehead atoms. The Hall–Kier alpha value is -6.17. The average molecular weight is 709 g/mol. The number of aromatic carboxylic acids is 1. The molecule has 0 atom stereocenters. The van der Waals surface area contributed by atoms with Crippen molar-refractivity contribution in [3.8, 4) is 17.0 Å². The van der Waals surface area contributed by atoms with E-state index in [9.17, 15) is 32.7 Å². The molecular weight excluding hydrogens is 673 g/mol. The molecular formula is C40H35F3N4O5. The second-order valence-corrected chi connectivity index (χ2v) is 12.4. The summed E-state index contributed by atoms with van der Waals surface area (Å²) in [5.41, 5.74) is 3.27. The standard InChI is InChI=1S/C40H35F3N4O5/c41-40(42,43)31-11-5-7-26(20-31)24-45-37(48)29-15-16-44-36(22-29)34-23-32(47-17-2-1-3-18-47)13-14-35(34)46-38(49)28-9-6-12-33(21-28)52-25-27-8-4-10-30(19-27)39(50)51/h4-16,19-23H,1-3,17-18,24-25H2,(H,45,48)(H,46,49)(H,50,51). The fourth-order valence-electron chi connectivity index (χ4n) is 5.95. The minimum absolute atomic E-state index is 0.101. The van der Waals surface area contributed by atoms with Gasteiger partial charge in [0.25, 0.3) is 11.8 Å². The second kappa shape index (κ2) is 15.8. The van der Waals surface area contributed by atoms with Crippen LogP contribution in [0.15, 0.2) is 109 Å². The lowest BCUT2D eigenvalue weighted by atomic mass is 10.0. The molecule has 0 spiro atoms. The fourth-order valence-corrected chi connectivity index (χ4v) is 5.95. The van der Waals surface area contributed by atoms with E-state index in [2.05, 4.69) is 20.5 Å². The van der Waals surface area contributed by atoms with E-state index in [1.54, 1.807) is 48.5 Å². The van der Waals surface area contributed by atoms with E-state index in [0.29, 0.717) is 39.4 Å². The number of carboxylic acids is 1. The summed E-state index contributed by atoms with van der Waals surface area (Å²) in [4.78, 5) is 44.9. The Kier molecular flexibility index (Phi) is 10.8. The molecule has 6 rings (SSSR count). The van der Waals surface area contributed by atoms with Crippen LogP contribution in [0, 0.1) is 0 Å². The Balaban J connectivity index is 1.22. The summed E-state index contributed by atoms with van der Waals surface area (Å²) in [7, 11) is 0. The van der Waals surface area contributed by atoms with Gasteiger partial charge >= 0.3 is 12.1 Å². The lowest BCUT2D eigenvalue weighted by Gasteiger charge is -2.29. The van der Waals surface area contributed by atoms with Crippen molar-refractivity contribution in [2.24, 2.45) is 0 Å². The first-order valence-electron chi connectivity index (χ1n) is 16.7. The predicted molar refractivity (Wildman–Crippen MR) is 190 cm³/mol. The van der Waals surface area contributed by atoms with Crippen molar-refractivity contribution in [1.82, 2.24) is 10.3 Å². The van der Waals surface area contributed by atoms with Crippen LogP contribution >= 0.6 is 0 Å². The molecule has 1 fully saturated rings. The minimum Gasteiger partial charge on any atom is -0.489 e. The van der Waals surface area contributed by atoms with E-state index >= 15 is 0 Å². The molecule has 0 radical (unpaired) electrons. The number of benzene rings is 4. The first kappa shape index (κ1) is 35.6. The number of carbonyl (C=O) groups excluding carboxylic acids is 2. The molecule has 2 amide bonds. The van der Waals surface area contributed by atoms with Crippen LogP contribution in [-0.2, 0) is 19.3 Å². The number of aromatic nitrogens is 1. The number of carbonyl (C=O) groups is 3. The zero-order valence-electron chi connectivity index (χ0n) is 28.0. The average Bonchev–Trinajstić information content (AvgIpc) is 3.16. The van der Waals surface area contributed by atoms with Crippen LogP contribution in [0.3, 0.4) is 0 Å². The molecule has 52 heavy (non-hydrogen) atoms. The third kappa shape index (κ3) is 8.94. The second-order valence-electron chi connectivity index (χ2n) is 12.4. The van der Waals surface area contributed by atoms with Crippen molar-refractivity contribution in [3.63, 3.8) is 0 Å². The van der Waals surface area contributed by atoms with Crippen molar-refractivity contribution >= 4 is 29.2 Å². The SMILES string of the molecule is O=C(O)c1cccc(COc2cccc(C(=O)Nc3ccc(N4CCCCC4)cc3-c3cc(C(=O)NCc4cccc(C(F)(F)F)c4)ccn3)c2)c1. The highest BCUT2D eigenvalue weighted by atomic mass is 19.4. The lowest BCUT2D eigenvalue weighted by molar-refractivity contribution is -0.137. The van der Waals surface area contributed by atoms with Gasteiger partial charge < -0.3 is 25.4 Å². The highest BCUT2D eigenvalue weighted by molar-refractivity contribution is 6.07. The van der Waals surface area contributed by atoms with Gasteiger partial charge in [0.1, 0.15) is 12.4 Å². The molecule has 9 nitrogen and oxygen atoms in total. The Morgan fingerprint density at radius 1 is 0.769 bits per heavy atom. The van der Waals surface area contributed by atoms with Crippen molar-refractivity contribution < 1.29 is 37.4 Å². The summed E-state index contributed by atoms with van der Waals surface area (Å²) in [5, 5.41) is 14.9. The van der Waals surface area contributed by atoms with Crippen LogP contribution in [-0.4, -0.2) is 41.0 Å². The van der Waals surface area contributed by atoms with Gasteiger partial charge in [-0.25, -0.2) is 4.79 Å². The summed E-state index contributed by atoms with van der Waals surface area (Å²) in [6, 6.07) is 26.6. The number of rotatable bonds is 11. The van der Waals surface area contributed by atoms with Crippen LogP contribution in [0.1, 0.15) is 67.0 Å². The Morgan fingerprint density at radius 2 is 1.50 bits per heavy atom. The molecule has 12 heteroatoms. The number of piperidine rings is 1.